The van der Waals surface area contributed by atoms with E-state index in [9.17, 15) is 23.2 Å². The van der Waals surface area contributed by atoms with Gasteiger partial charge in [0.05, 0.1) is 5.41 Å². The summed E-state index contributed by atoms with van der Waals surface area (Å²) in [4.78, 5) is 24.5. The molecule has 0 radical (unpaired) electrons. The van der Waals surface area contributed by atoms with Crippen molar-refractivity contribution in [3.05, 3.63) is 35.5 Å². The number of nitrogens with one attached hydrogen (secondary N) is 1. The zero-order valence-corrected chi connectivity index (χ0v) is 16.5. The Hall–Kier alpha value is -1.81. The lowest BCUT2D eigenvalue weighted by molar-refractivity contribution is -0.709. The van der Waals surface area contributed by atoms with E-state index in [1.54, 1.807) is 6.07 Å². The topological polar surface area (TPSA) is 129 Å². The quantitative estimate of drug-likeness (QED) is 0.549. The molecule has 9 heteroatoms. The molecule has 3 N–H and O–H groups in total. The van der Waals surface area contributed by atoms with Gasteiger partial charge in [0, 0.05) is 25.8 Å². The van der Waals surface area contributed by atoms with Gasteiger partial charge in [-0.25, -0.2) is 4.79 Å². The second kappa shape index (κ2) is 8.05. The molecule has 8 nitrogen and oxygen atoms in total. The second-order valence-corrected chi connectivity index (χ2v) is 9.52. The van der Waals surface area contributed by atoms with Crippen LogP contribution in [0.3, 0.4) is 0 Å². The molecule has 0 spiro atoms. The van der Waals surface area contributed by atoms with Gasteiger partial charge in [0.15, 0.2) is 0 Å². The van der Waals surface area contributed by atoms with Crippen LogP contribution < -0.4 is 11.1 Å². The van der Waals surface area contributed by atoms with E-state index in [0.717, 1.165) is 0 Å². The molecule has 2 rings (SSSR count). The summed E-state index contributed by atoms with van der Waals surface area (Å²) in [5.41, 5.74) is 3.72. The number of nitrogens with zero attached hydrogens (tertiary/aromatic N) is 1. The number of benzene rings is 1. The Labute approximate surface area is 159 Å². The van der Waals surface area contributed by atoms with Gasteiger partial charge in [-0.1, -0.05) is 18.2 Å². The number of hydrogen-bond acceptors (Lipinski definition) is 6. The van der Waals surface area contributed by atoms with Crippen LogP contribution in [0.1, 0.15) is 39.5 Å². The summed E-state index contributed by atoms with van der Waals surface area (Å²) >= 11 is 0. The molecule has 0 saturated carbocycles. The van der Waals surface area contributed by atoms with E-state index in [1.165, 1.54) is 38.1 Å². The molecule has 2 atom stereocenters. The van der Waals surface area contributed by atoms with Gasteiger partial charge in [0.25, 0.3) is 0 Å². The molecule has 150 valence electrons. The molecule has 0 bridgehead atoms. The lowest BCUT2D eigenvalue weighted by Crippen LogP contribution is -2.62. The van der Waals surface area contributed by atoms with Crippen LogP contribution in [0.4, 0.5) is 0 Å². The Balaban J connectivity index is 2.61. The minimum absolute atomic E-state index is 0.208. The number of sulfonamides is 1. The molecule has 0 aromatic heterocycles. The SMILES string of the molecule is CC(C)(CC(N)=O)C(=O)[N+]([O-])(C1CCCNCC1)S(=O)(=O)c1ccccc1. The Bertz CT molecular complexity index is 786. The van der Waals surface area contributed by atoms with Crippen LogP contribution in [0, 0.1) is 10.6 Å². The molecule has 0 aliphatic carbocycles. The van der Waals surface area contributed by atoms with Crippen molar-refractivity contribution in [2.24, 2.45) is 11.1 Å². The Kier molecular flexibility index (Phi) is 6.41. The molecule has 2 amide bonds. The van der Waals surface area contributed by atoms with Crippen LogP contribution in [0.15, 0.2) is 35.2 Å². The van der Waals surface area contributed by atoms with E-state index in [1.807, 2.05) is 0 Å². The molecule has 1 heterocycles. The third-order valence-corrected chi connectivity index (χ3v) is 6.95. The fourth-order valence-corrected chi connectivity index (χ4v) is 5.38. The summed E-state index contributed by atoms with van der Waals surface area (Å²) in [6.45, 7) is 3.88. The molecule has 1 aliphatic heterocycles. The fourth-order valence-electron chi connectivity index (χ4n) is 3.49. The Morgan fingerprint density at radius 3 is 2.44 bits per heavy atom. The van der Waals surface area contributed by atoms with Crippen molar-refractivity contribution in [3.8, 4) is 0 Å². The lowest BCUT2D eigenvalue weighted by Gasteiger charge is -2.46. The van der Waals surface area contributed by atoms with Crippen molar-refractivity contribution in [2.75, 3.05) is 13.1 Å². The average Bonchev–Trinajstić information content (AvgIpc) is 2.89. The predicted molar refractivity (Wildman–Crippen MR) is 100 cm³/mol. The zero-order chi connectivity index (χ0) is 20.3. The van der Waals surface area contributed by atoms with E-state index in [4.69, 9.17) is 5.73 Å². The first kappa shape index (κ1) is 21.5. The molecule has 2 unspecified atom stereocenters. The molecule has 1 aromatic rings. The van der Waals surface area contributed by atoms with Crippen LogP contribution in [0.5, 0.6) is 0 Å². The molecule has 1 aromatic carbocycles. The van der Waals surface area contributed by atoms with Gasteiger partial charge < -0.3 is 16.3 Å². The largest absolute Gasteiger partial charge is 0.608 e. The third kappa shape index (κ3) is 4.21. The zero-order valence-electron chi connectivity index (χ0n) is 15.7. The van der Waals surface area contributed by atoms with Crippen LogP contribution >= 0.6 is 0 Å². The molecule has 27 heavy (non-hydrogen) atoms. The summed E-state index contributed by atoms with van der Waals surface area (Å²) in [7, 11) is -4.58. The van der Waals surface area contributed by atoms with E-state index in [0.29, 0.717) is 25.9 Å². The first-order valence-electron chi connectivity index (χ1n) is 8.97. The minimum atomic E-state index is -4.58. The highest BCUT2D eigenvalue weighted by molar-refractivity contribution is 7.86. The number of nitrogens with two attached hydrogens (primary N) is 1. The highest BCUT2D eigenvalue weighted by atomic mass is 32.2. The van der Waals surface area contributed by atoms with Crippen LogP contribution in [0.25, 0.3) is 0 Å². The third-order valence-electron chi connectivity index (χ3n) is 4.90. The van der Waals surface area contributed by atoms with Gasteiger partial charge in [0.2, 0.25) is 5.91 Å². The standard InChI is InChI=1S/C18H27N3O5S/c1-18(2,13-16(19)22)17(23)21(24,14-7-6-11-20-12-10-14)27(25,26)15-8-4-3-5-9-15/h3-5,8-9,14,20H,6-7,10-13H2,1-2H3,(H2,19,22). The first-order chi connectivity index (χ1) is 12.5. The van der Waals surface area contributed by atoms with Crippen molar-refractivity contribution < 1.29 is 22.1 Å². The number of amides is 2. The smallest absolute Gasteiger partial charge is 0.335 e. The van der Waals surface area contributed by atoms with E-state index in [2.05, 4.69) is 5.32 Å². The summed E-state index contributed by atoms with van der Waals surface area (Å²) in [5, 5.41) is 17.1. The van der Waals surface area contributed by atoms with Gasteiger partial charge >= 0.3 is 15.9 Å². The number of hydrogen-bond donors (Lipinski definition) is 2. The van der Waals surface area contributed by atoms with Gasteiger partial charge in [-0.15, -0.1) is 0 Å². The molecular weight excluding hydrogens is 370 g/mol. The Morgan fingerprint density at radius 1 is 1.22 bits per heavy atom. The van der Waals surface area contributed by atoms with E-state index in [-0.39, 0.29) is 11.3 Å². The number of hydroxylamine groups is 2. The van der Waals surface area contributed by atoms with Gasteiger partial charge in [0.1, 0.15) is 10.9 Å². The maximum atomic E-state index is 14.0. The van der Waals surface area contributed by atoms with Gasteiger partial charge in [-0.3, -0.25) is 4.79 Å². The second-order valence-electron chi connectivity index (χ2n) is 7.55. The van der Waals surface area contributed by atoms with Crippen LogP contribution in [-0.4, -0.2) is 43.4 Å². The van der Waals surface area contributed by atoms with Crippen molar-refractivity contribution in [3.63, 3.8) is 0 Å². The number of primary amides is 1. The lowest BCUT2D eigenvalue weighted by atomic mass is 9.87. The molecule has 1 aliphatic rings. The van der Waals surface area contributed by atoms with Crippen LogP contribution in [0.2, 0.25) is 0 Å². The summed E-state index contributed by atoms with van der Waals surface area (Å²) < 4.78 is 24.7. The number of carbonyl (C=O) groups excluding carboxylic acids is 2. The predicted octanol–water partition coefficient (Wildman–Crippen LogP) is 1.26. The summed E-state index contributed by atoms with van der Waals surface area (Å²) in [5.74, 6) is -1.82. The van der Waals surface area contributed by atoms with Crippen molar-refractivity contribution in [1.82, 2.24) is 5.32 Å². The Morgan fingerprint density at radius 2 is 1.85 bits per heavy atom. The van der Waals surface area contributed by atoms with E-state index >= 15 is 0 Å². The summed E-state index contributed by atoms with van der Waals surface area (Å²) in [6.07, 6.45) is 0.721. The minimum Gasteiger partial charge on any atom is -0.608 e. The van der Waals surface area contributed by atoms with Gasteiger partial charge in [-0.2, -0.15) is 12.5 Å². The fraction of sp³-hybridized carbons (Fsp3) is 0.556. The number of quaternary nitrogens is 1. The van der Waals surface area contributed by atoms with Crippen molar-refractivity contribution in [2.45, 2.75) is 50.5 Å². The monoisotopic (exact) mass is 397 g/mol. The highest BCUT2D eigenvalue weighted by Crippen LogP contribution is 2.38. The van der Waals surface area contributed by atoms with Crippen molar-refractivity contribution in [1.29, 1.82) is 0 Å². The normalized spacial score (nSPS) is 21.1. The van der Waals surface area contributed by atoms with E-state index < -0.39 is 43.8 Å². The first-order valence-corrected chi connectivity index (χ1v) is 10.4. The van der Waals surface area contributed by atoms with Crippen LogP contribution in [-0.2, 0) is 19.6 Å². The number of carbonyl (C=O) groups is 2. The van der Waals surface area contributed by atoms with Gasteiger partial charge in [-0.05, 0) is 38.9 Å². The summed E-state index contributed by atoms with van der Waals surface area (Å²) in [6, 6.07) is 6.31. The maximum absolute atomic E-state index is 14.0. The van der Waals surface area contributed by atoms with Crippen molar-refractivity contribution >= 4 is 21.8 Å². The maximum Gasteiger partial charge on any atom is 0.335 e. The molecular formula is C18H27N3O5S. The molecule has 1 saturated heterocycles. The average molecular weight is 397 g/mol. The highest BCUT2D eigenvalue weighted by Gasteiger charge is 2.54. The number of rotatable bonds is 6. The molecule has 1 fully saturated rings.